The topological polar surface area (TPSA) is 12.9 Å². The molecule has 3 heteroatoms. The summed E-state index contributed by atoms with van der Waals surface area (Å²) >= 11 is 4.11. The number of thiol groups is 1. The second-order valence-electron chi connectivity index (χ2n) is 2.07. The van der Waals surface area contributed by atoms with E-state index in [9.17, 15) is 4.39 Å². The van der Waals surface area contributed by atoms with Gasteiger partial charge in [-0.25, -0.2) is 4.39 Å². The van der Waals surface area contributed by atoms with Crippen LogP contribution in [0.15, 0.2) is 18.3 Å². The van der Waals surface area contributed by atoms with Crippen molar-refractivity contribution >= 4 is 12.6 Å². The van der Waals surface area contributed by atoms with Crippen molar-refractivity contribution in [3.8, 4) is 0 Å². The van der Waals surface area contributed by atoms with Gasteiger partial charge in [0, 0.05) is 11.4 Å². The molecule has 0 fully saturated rings. The number of aromatic nitrogens is 1. The Labute approximate surface area is 64.7 Å². The van der Waals surface area contributed by atoms with Gasteiger partial charge in [0.15, 0.2) is 0 Å². The van der Waals surface area contributed by atoms with Crippen molar-refractivity contribution in [2.45, 2.75) is 12.2 Å². The van der Waals surface area contributed by atoms with Crippen molar-refractivity contribution in [2.75, 3.05) is 0 Å². The fourth-order valence-electron chi connectivity index (χ4n) is 0.650. The van der Waals surface area contributed by atoms with Gasteiger partial charge in [-0.15, -0.1) is 0 Å². The average Bonchev–Trinajstić information content (AvgIpc) is 1.88. The van der Waals surface area contributed by atoms with E-state index in [0.29, 0.717) is 5.69 Å². The van der Waals surface area contributed by atoms with Gasteiger partial charge in [-0.3, -0.25) is 4.98 Å². The zero-order valence-corrected chi connectivity index (χ0v) is 6.48. The number of halogens is 1. The summed E-state index contributed by atoms with van der Waals surface area (Å²) in [5.74, 6) is -0.258. The highest BCUT2D eigenvalue weighted by molar-refractivity contribution is 7.80. The maximum atomic E-state index is 12.5. The maximum Gasteiger partial charge on any atom is 0.126 e. The van der Waals surface area contributed by atoms with Gasteiger partial charge in [-0.05, 0) is 19.1 Å². The zero-order valence-electron chi connectivity index (χ0n) is 5.58. The van der Waals surface area contributed by atoms with Gasteiger partial charge in [0.05, 0.1) is 5.69 Å². The fourth-order valence-corrected chi connectivity index (χ4v) is 0.791. The molecular formula is C7H8FNS. The van der Waals surface area contributed by atoms with Crippen molar-refractivity contribution in [3.05, 3.63) is 29.8 Å². The van der Waals surface area contributed by atoms with Gasteiger partial charge < -0.3 is 0 Å². The third kappa shape index (κ3) is 1.70. The molecule has 10 heavy (non-hydrogen) atoms. The minimum Gasteiger partial charge on any atom is -0.260 e. The van der Waals surface area contributed by atoms with Crippen molar-refractivity contribution in [3.63, 3.8) is 0 Å². The second kappa shape index (κ2) is 3.01. The van der Waals surface area contributed by atoms with Crippen molar-refractivity contribution < 1.29 is 4.39 Å². The summed E-state index contributed by atoms with van der Waals surface area (Å²) in [5, 5.41) is -0.00398. The molecular weight excluding hydrogens is 149 g/mol. The number of hydrogen-bond acceptors (Lipinski definition) is 2. The van der Waals surface area contributed by atoms with E-state index in [2.05, 4.69) is 17.6 Å². The standard InChI is InChI=1S/C7H8FNS/c1-5(10)7-4-6(8)2-3-9-7/h2-5,10H,1H3. The highest BCUT2D eigenvalue weighted by atomic mass is 32.1. The predicted octanol–water partition coefficient (Wildman–Crippen LogP) is 2.21. The number of hydrogen-bond donors (Lipinski definition) is 1. The van der Waals surface area contributed by atoms with Crippen LogP contribution in [-0.2, 0) is 0 Å². The van der Waals surface area contributed by atoms with Crippen LogP contribution < -0.4 is 0 Å². The van der Waals surface area contributed by atoms with E-state index in [1.54, 1.807) is 0 Å². The summed E-state index contributed by atoms with van der Waals surface area (Å²) in [7, 11) is 0. The van der Waals surface area contributed by atoms with E-state index in [4.69, 9.17) is 0 Å². The van der Waals surface area contributed by atoms with Gasteiger partial charge in [-0.1, -0.05) is 0 Å². The first-order chi connectivity index (χ1) is 4.70. The first-order valence-corrected chi connectivity index (χ1v) is 3.51. The minimum atomic E-state index is -0.258. The molecule has 0 N–H and O–H groups in total. The van der Waals surface area contributed by atoms with Gasteiger partial charge >= 0.3 is 0 Å². The molecule has 0 aliphatic carbocycles. The van der Waals surface area contributed by atoms with Crippen LogP contribution in [0.2, 0.25) is 0 Å². The lowest BCUT2D eigenvalue weighted by Gasteiger charge is -2.00. The molecule has 1 nitrogen and oxygen atoms in total. The Morgan fingerprint density at radius 2 is 2.40 bits per heavy atom. The van der Waals surface area contributed by atoms with Crippen molar-refractivity contribution in [1.82, 2.24) is 4.98 Å². The first kappa shape index (κ1) is 7.54. The molecule has 1 unspecified atom stereocenters. The van der Waals surface area contributed by atoms with Crippen LogP contribution in [0.4, 0.5) is 4.39 Å². The van der Waals surface area contributed by atoms with Crippen molar-refractivity contribution in [2.24, 2.45) is 0 Å². The average molecular weight is 157 g/mol. The molecule has 1 rings (SSSR count). The molecule has 0 saturated carbocycles. The molecule has 0 aliphatic rings. The lowest BCUT2D eigenvalue weighted by molar-refractivity contribution is 0.622. The summed E-state index contributed by atoms with van der Waals surface area (Å²) in [6, 6.07) is 2.71. The molecule has 0 saturated heterocycles. The molecule has 0 aliphatic heterocycles. The maximum absolute atomic E-state index is 12.5. The van der Waals surface area contributed by atoms with E-state index < -0.39 is 0 Å². The van der Waals surface area contributed by atoms with E-state index in [1.165, 1.54) is 18.3 Å². The summed E-state index contributed by atoms with van der Waals surface area (Å²) in [6.07, 6.45) is 1.44. The molecule has 1 heterocycles. The molecule has 1 atom stereocenters. The molecule has 54 valence electrons. The molecule has 1 aromatic rings. The molecule has 1 aromatic heterocycles. The lowest BCUT2D eigenvalue weighted by Crippen LogP contribution is -1.89. The summed E-state index contributed by atoms with van der Waals surface area (Å²) in [5.41, 5.74) is 0.670. The Morgan fingerprint density at radius 3 is 2.80 bits per heavy atom. The van der Waals surface area contributed by atoms with Crippen molar-refractivity contribution in [1.29, 1.82) is 0 Å². The Balaban J connectivity index is 2.96. The summed E-state index contributed by atoms with van der Waals surface area (Å²) in [6.45, 7) is 1.85. The van der Waals surface area contributed by atoms with Crippen LogP contribution in [-0.4, -0.2) is 4.98 Å². The van der Waals surface area contributed by atoms with Crippen LogP contribution in [0, 0.1) is 5.82 Å². The molecule has 0 bridgehead atoms. The Hall–Kier alpha value is -0.570. The Bertz CT molecular complexity index is 225. The zero-order chi connectivity index (χ0) is 7.56. The largest absolute Gasteiger partial charge is 0.260 e. The number of nitrogens with zero attached hydrogens (tertiary/aromatic N) is 1. The lowest BCUT2D eigenvalue weighted by atomic mass is 10.3. The molecule has 0 spiro atoms. The SMILES string of the molecule is CC(S)c1cc(F)ccn1. The predicted molar refractivity (Wildman–Crippen MR) is 41.6 cm³/mol. The summed E-state index contributed by atoms with van der Waals surface area (Å²) in [4.78, 5) is 3.92. The molecule has 0 radical (unpaired) electrons. The van der Waals surface area contributed by atoms with E-state index >= 15 is 0 Å². The Morgan fingerprint density at radius 1 is 1.70 bits per heavy atom. The minimum absolute atomic E-state index is 0.00398. The fraction of sp³-hybridized carbons (Fsp3) is 0.286. The smallest absolute Gasteiger partial charge is 0.126 e. The third-order valence-corrected chi connectivity index (χ3v) is 1.44. The van der Waals surface area contributed by atoms with Crippen LogP contribution in [0.5, 0.6) is 0 Å². The highest BCUT2D eigenvalue weighted by Crippen LogP contribution is 2.15. The third-order valence-electron chi connectivity index (χ3n) is 1.17. The van der Waals surface area contributed by atoms with E-state index in [1.807, 2.05) is 6.92 Å². The van der Waals surface area contributed by atoms with Gasteiger partial charge in [0.25, 0.3) is 0 Å². The van der Waals surface area contributed by atoms with Gasteiger partial charge in [-0.2, -0.15) is 12.6 Å². The first-order valence-electron chi connectivity index (χ1n) is 2.99. The van der Waals surface area contributed by atoms with Crippen LogP contribution in [0.25, 0.3) is 0 Å². The van der Waals surface area contributed by atoms with Gasteiger partial charge in [0.2, 0.25) is 0 Å². The number of pyridine rings is 1. The van der Waals surface area contributed by atoms with Gasteiger partial charge in [0.1, 0.15) is 5.82 Å². The quantitative estimate of drug-likeness (QED) is 0.617. The second-order valence-corrected chi connectivity index (χ2v) is 2.85. The van der Waals surface area contributed by atoms with Crippen LogP contribution in [0.3, 0.4) is 0 Å². The van der Waals surface area contributed by atoms with E-state index in [0.717, 1.165) is 0 Å². The summed E-state index contributed by atoms with van der Waals surface area (Å²) < 4.78 is 12.5. The molecule has 0 aromatic carbocycles. The normalized spacial score (nSPS) is 13.1. The monoisotopic (exact) mass is 157 g/mol. The van der Waals surface area contributed by atoms with Crippen LogP contribution >= 0.6 is 12.6 Å². The number of rotatable bonds is 1. The van der Waals surface area contributed by atoms with Crippen LogP contribution in [0.1, 0.15) is 17.9 Å². The Kier molecular flexibility index (Phi) is 2.27. The molecule has 0 amide bonds. The highest BCUT2D eigenvalue weighted by Gasteiger charge is 2.00. The van der Waals surface area contributed by atoms with E-state index in [-0.39, 0.29) is 11.1 Å².